The van der Waals surface area contributed by atoms with Crippen molar-refractivity contribution in [2.24, 2.45) is 0 Å². The van der Waals surface area contributed by atoms with Gasteiger partial charge in [-0.25, -0.2) is 4.39 Å². The molecule has 0 aromatic heterocycles. The lowest BCUT2D eigenvalue weighted by Crippen LogP contribution is -2.28. The molecule has 0 saturated carbocycles. The minimum atomic E-state index is -0.847. The smallest absolute Gasteiger partial charge is 0.123 e. The third-order valence-electron chi connectivity index (χ3n) is 1.95. The zero-order chi connectivity index (χ0) is 11.3. The van der Waals surface area contributed by atoms with Crippen LogP contribution in [0.4, 0.5) is 4.39 Å². The zero-order valence-corrected chi connectivity index (χ0v) is 8.15. The highest BCUT2D eigenvalue weighted by atomic mass is 19.1. The predicted molar refractivity (Wildman–Crippen MR) is 52.9 cm³/mol. The monoisotopic (exact) mass is 215 g/mol. The van der Waals surface area contributed by atoms with Gasteiger partial charge < -0.3 is 20.6 Å². The maximum Gasteiger partial charge on any atom is 0.123 e. The van der Waals surface area contributed by atoms with Crippen LogP contribution in [0, 0.1) is 5.82 Å². The molecule has 0 fully saturated rings. The van der Waals surface area contributed by atoms with Crippen molar-refractivity contribution in [2.75, 3.05) is 13.2 Å². The molecule has 0 radical (unpaired) electrons. The molecule has 84 valence electrons. The van der Waals surface area contributed by atoms with Gasteiger partial charge in [0.25, 0.3) is 0 Å². The molecule has 15 heavy (non-hydrogen) atoms. The van der Waals surface area contributed by atoms with E-state index in [-0.39, 0.29) is 25.4 Å². The first-order chi connectivity index (χ1) is 7.13. The van der Waals surface area contributed by atoms with Gasteiger partial charge in [-0.3, -0.25) is 0 Å². The number of hydrogen-bond donors (Lipinski definition) is 4. The number of aliphatic hydroxyl groups is 2. The van der Waals surface area contributed by atoms with Crippen molar-refractivity contribution in [3.05, 3.63) is 29.6 Å². The molecule has 0 amide bonds. The summed E-state index contributed by atoms with van der Waals surface area (Å²) in [5.74, 6) is -0.422. The van der Waals surface area contributed by atoms with Crippen molar-refractivity contribution in [1.82, 2.24) is 5.32 Å². The molecular formula is C10H14FNO3. The Morgan fingerprint density at radius 2 is 2.13 bits per heavy atom. The van der Waals surface area contributed by atoms with Crippen LogP contribution in [-0.2, 0) is 6.54 Å². The minimum absolute atomic E-state index is 0.00221. The molecule has 1 aromatic carbocycles. The maximum atomic E-state index is 12.8. The second-order valence-corrected chi connectivity index (χ2v) is 3.24. The molecule has 0 spiro atoms. The average molecular weight is 215 g/mol. The standard InChI is InChI=1S/C10H14FNO3/c11-8-1-2-10(15)7(3-8)4-12-5-9(14)6-13/h1-3,9,12-15H,4-6H2/t9-/m1/s1. The third-order valence-corrected chi connectivity index (χ3v) is 1.95. The first-order valence-corrected chi connectivity index (χ1v) is 4.60. The minimum Gasteiger partial charge on any atom is -0.508 e. The van der Waals surface area contributed by atoms with Crippen molar-refractivity contribution in [3.63, 3.8) is 0 Å². The topological polar surface area (TPSA) is 72.7 Å². The molecule has 4 nitrogen and oxygen atoms in total. The summed E-state index contributed by atoms with van der Waals surface area (Å²) in [6, 6.07) is 3.66. The summed E-state index contributed by atoms with van der Waals surface area (Å²) in [7, 11) is 0. The summed E-state index contributed by atoms with van der Waals surface area (Å²) in [5.41, 5.74) is 0.417. The normalized spacial score (nSPS) is 12.7. The fraction of sp³-hybridized carbons (Fsp3) is 0.400. The van der Waals surface area contributed by atoms with Gasteiger partial charge in [-0.2, -0.15) is 0 Å². The lowest BCUT2D eigenvalue weighted by atomic mass is 10.2. The lowest BCUT2D eigenvalue weighted by Gasteiger charge is -2.09. The molecule has 0 saturated heterocycles. The van der Waals surface area contributed by atoms with Crippen LogP contribution in [0.2, 0.25) is 0 Å². The molecule has 0 unspecified atom stereocenters. The van der Waals surface area contributed by atoms with E-state index in [4.69, 9.17) is 10.2 Å². The van der Waals surface area contributed by atoms with E-state index in [9.17, 15) is 9.50 Å². The number of aliphatic hydroxyl groups excluding tert-OH is 2. The van der Waals surface area contributed by atoms with Crippen molar-refractivity contribution in [2.45, 2.75) is 12.6 Å². The molecule has 1 atom stereocenters. The first kappa shape index (κ1) is 11.9. The van der Waals surface area contributed by atoms with Crippen LogP contribution in [0.1, 0.15) is 5.56 Å². The van der Waals surface area contributed by atoms with E-state index in [0.717, 1.165) is 0 Å². The average Bonchev–Trinajstić information content (AvgIpc) is 2.23. The molecule has 5 heteroatoms. The van der Waals surface area contributed by atoms with Crippen molar-refractivity contribution >= 4 is 0 Å². The number of phenolic OH excluding ortho intramolecular Hbond substituents is 1. The Hall–Kier alpha value is -1.17. The highest BCUT2D eigenvalue weighted by Gasteiger charge is 2.04. The SMILES string of the molecule is OC[C@H](O)CNCc1cc(F)ccc1O. The molecule has 0 aliphatic carbocycles. The lowest BCUT2D eigenvalue weighted by molar-refractivity contribution is 0.0942. The second kappa shape index (κ2) is 5.65. The van der Waals surface area contributed by atoms with Gasteiger partial charge in [0.05, 0.1) is 12.7 Å². The van der Waals surface area contributed by atoms with Gasteiger partial charge in [0.15, 0.2) is 0 Å². The van der Waals surface area contributed by atoms with Crippen LogP contribution in [0.25, 0.3) is 0 Å². The third kappa shape index (κ3) is 3.83. The van der Waals surface area contributed by atoms with Crippen molar-refractivity contribution < 1.29 is 19.7 Å². The Kier molecular flexibility index (Phi) is 4.48. The number of hydrogen-bond acceptors (Lipinski definition) is 4. The Bertz CT molecular complexity index is 320. The van der Waals surface area contributed by atoms with Crippen LogP contribution in [0.15, 0.2) is 18.2 Å². The quantitative estimate of drug-likeness (QED) is 0.557. The van der Waals surface area contributed by atoms with Gasteiger partial charge >= 0.3 is 0 Å². The first-order valence-electron chi connectivity index (χ1n) is 4.60. The summed E-state index contributed by atoms with van der Waals surface area (Å²) >= 11 is 0. The second-order valence-electron chi connectivity index (χ2n) is 3.24. The number of aromatic hydroxyl groups is 1. The van der Waals surface area contributed by atoms with Gasteiger partial charge in [0.2, 0.25) is 0 Å². The van der Waals surface area contributed by atoms with Crippen LogP contribution in [-0.4, -0.2) is 34.6 Å². The molecule has 0 bridgehead atoms. The van der Waals surface area contributed by atoms with E-state index in [1.165, 1.54) is 18.2 Å². The summed E-state index contributed by atoms with van der Waals surface area (Å²) in [6.45, 7) is 0.0925. The van der Waals surface area contributed by atoms with Crippen LogP contribution in [0.5, 0.6) is 5.75 Å². The Balaban J connectivity index is 2.46. The summed E-state index contributed by atoms with van der Waals surface area (Å²) < 4.78 is 12.8. The summed E-state index contributed by atoms with van der Waals surface area (Å²) in [5, 5.41) is 29.7. The fourth-order valence-corrected chi connectivity index (χ4v) is 1.13. The maximum absolute atomic E-state index is 12.8. The number of phenols is 1. The molecule has 0 heterocycles. The van der Waals surface area contributed by atoms with E-state index in [2.05, 4.69) is 5.32 Å². The number of benzene rings is 1. The van der Waals surface area contributed by atoms with E-state index < -0.39 is 11.9 Å². The van der Waals surface area contributed by atoms with Gasteiger partial charge in [-0.05, 0) is 18.2 Å². The summed E-state index contributed by atoms with van der Waals surface area (Å²) in [6.07, 6.45) is -0.847. The Morgan fingerprint density at radius 3 is 2.80 bits per heavy atom. The Morgan fingerprint density at radius 1 is 1.40 bits per heavy atom. The van der Waals surface area contributed by atoms with E-state index in [1.807, 2.05) is 0 Å². The highest BCUT2D eigenvalue weighted by Crippen LogP contribution is 2.17. The van der Waals surface area contributed by atoms with Crippen LogP contribution < -0.4 is 5.32 Å². The number of nitrogens with one attached hydrogen (secondary N) is 1. The zero-order valence-electron chi connectivity index (χ0n) is 8.15. The summed E-state index contributed by atoms with van der Waals surface area (Å²) in [4.78, 5) is 0. The van der Waals surface area contributed by atoms with Gasteiger partial charge in [0, 0.05) is 18.7 Å². The highest BCUT2D eigenvalue weighted by molar-refractivity contribution is 5.32. The van der Waals surface area contributed by atoms with Gasteiger partial charge in [-0.15, -0.1) is 0 Å². The Labute approximate surface area is 87.0 Å². The molecule has 1 rings (SSSR count). The van der Waals surface area contributed by atoms with Crippen LogP contribution >= 0.6 is 0 Å². The predicted octanol–water partition coefficient (Wildman–Crippen LogP) is -0.0259. The van der Waals surface area contributed by atoms with Gasteiger partial charge in [-0.1, -0.05) is 0 Å². The molecule has 1 aromatic rings. The number of rotatable bonds is 5. The fourth-order valence-electron chi connectivity index (χ4n) is 1.13. The van der Waals surface area contributed by atoms with Crippen molar-refractivity contribution in [3.8, 4) is 5.75 Å². The number of halogens is 1. The van der Waals surface area contributed by atoms with Crippen molar-refractivity contribution in [1.29, 1.82) is 0 Å². The van der Waals surface area contributed by atoms with E-state index >= 15 is 0 Å². The molecule has 0 aliphatic heterocycles. The van der Waals surface area contributed by atoms with E-state index in [0.29, 0.717) is 5.56 Å². The molecule has 0 aliphatic rings. The largest absolute Gasteiger partial charge is 0.508 e. The molecular weight excluding hydrogens is 201 g/mol. The van der Waals surface area contributed by atoms with E-state index in [1.54, 1.807) is 0 Å². The van der Waals surface area contributed by atoms with Crippen LogP contribution in [0.3, 0.4) is 0 Å². The molecule has 4 N–H and O–H groups in total. The van der Waals surface area contributed by atoms with Gasteiger partial charge in [0.1, 0.15) is 11.6 Å².